The van der Waals surface area contributed by atoms with Crippen molar-refractivity contribution in [2.24, 2.45) is 11.3 Å². The Morgan fingerprint density at radius 3 is 1.86 bits per heavy atom. The summed E-state index contributed by atoms with van der Waals surface area (Å²) in [6, 6.07) is 0.600. The van der Waals surface area contributed by atoms with Crippen LogP contribution in [0.15, 0.2) is 0 Å². The van der Waals surface area contributed by atoms with Crippen molar-refractivity contribution < 1.29 is 4.39 Å². The topological polar surface area (TPSA) is 6.48 Å². The molecule has 3 heteroatoms. The maximum atomic E-state index is 14.6. The van der Waals surface area contributed by atoms with E-state index in [9.17, 15) is 4.39 Å². The van der Waals surface area contributed by atoms with Crippen molar-refractivity contribution in [2.75, 3.05) is 26.2 Å². The smallest absolute Gasteiger partial charge is 0.116 e. The molecule has 0 radical (unpaired) electrons. The van der Waals surface area contributed by atoms with Gasteiger partial charge in [0.2, 0.25) is 0 Å². The van der Waals surface area contributed by atoms with Crippen molar-refractivity contribution in [3.05, 3.63) is 0 Å². The van der Waals surface area contributed by atoms with Crippen LogP contribution in [0.25, 0.3) is 0 Å². The van der Waals surface area contributed by atoms with Gasteiger partial charge in [-0.1, -0.05) is 20.8 Å². The van der Waals surface area contributed by atoms with Crippen LogP contribution in [0.2, 0.25) is 0 Å². The fraction of sp³-hybridized carbons (Fsp3) is 1.00. The van der Waals surface area contributed by atoms with Crippen molar-refractivity contribution in [1.29, 1.82) is 0 Å². The molecule has 0 aromatic carbocycles. The summed E-state index contributed by atoms with van der Waals surface area (Å²) in [7, 11) is 0. The summed E-state index contributed by atoms with van der Waals surface area (Å²) in [5.41, 5.74) is 0.369. The van der Waals surface area contributed by atoms with E-state index >= 15 is 0 Å². The highest BCUT2D eigenvalue weighted by atomic mass is 19.1. The Labute approximate surface area is 131 Å². The number of alkyl halides is 1. The largest absolute Gasteiger partial charge is 0.298 e. The van der Waals surface area contributed by atoms with Gasteiger partial charge >= 0.3 is 0 Å². The first-order chi connectivity index (χ1) is 9.59. The highest BCUT2D eigenvalue weighted by Gasteiger charge is 2.39. The molecule has 2 heterocycles. The molecule has 0 amide bonds. The summed E-state index contributed by atoms with van der Waals surface area (Å²) in [5, 5.41) is 0. The van der Waals surface area contributed by atoms with E-state index in [1.165, 1.54) is 12.8 Å². The molecule has 2 saturated heterocycles. The Bertz CT molecular complexity index is 334. The first kappa shape index (κ1) is 17.2. The van der Waals surface area contributed by atoms with Crippen LogP contribution in [0.3, 0.4) is 0 Å². The van der Waals surface area contributed by atoms with Crippen LogP contribution in [-0.2, 0) is 0 Å². The van der Waals surface area contributed by atoms with Gasteiger partial charge in [0, 0.05) is 31.2 Å². The van der Waals surface area contributed by atoms with E-state index in [4.69, 9.17) is 0 Å². The second kappa shape index (κ2) is 6.16. The third kappa shape index (κ3) is 4.19. The number of hydrogen-bond acceptors (Lipinski definition) is 2. The Morgan fingerprint density at radius 2 is 1.43 bits per heavy atom. The van der Waals surface area contributed by atoms with Crippen LogP contribution in [0.1, 0.15) is 60.8 Å². The molecule has 0 N–H and O–H groups in total. The van der Waals surface area contributed by atoms with Gasteiger partial charge in [0.1, 0.15) is 6.17 Å². The predicted octanol–water partition coefficient (Wildman–Crippen LogP) is 3.96. The average Bonchev–Trinajstić information content (AvgIpc) is 2.36. The number of hydrogen-bond donors (Lipinski definition) is 0. The van der Waals surface area contributed by atoms with Gasteiger partial charge < -0.3 is 0 Å². The lowest BCUT2D eigenvalue weighted by Crippen LogP contribution is -2.55. The van der Waals surface area contributed by atoms with E-state index in [1.807, 2.05) is 0 Å². The van der Waals surface area contributed by atoms with Crippen LogP contribution >= 0.6 is 0 Å². The third-order valence-corrected chi connectivity index (χ3v) is 5.61. The molecule has 2 atom stereocenters. The van der Waals surface area contributed by atoms with Gasteiger partial charge in [0.15, 0.2) is 0 Å². The lowest BCUT2D eigenvalue weighted by Gasteiger charge is -2.47. The minimum atomic E-state index is -0.653. The number of likely N-dealkylation sites (tertiary alicyclic amines) is 2. The summed E-state index contributed by atoms with van der Waals surface area (Å²) in [6.07, 6.45) is 2.76. The van der Waals surface area contributed by atoms with E-state index in [0.717, 1.165) is 26.1 Å². The van der Waals surface area contributed by atoms with Crippen LogP contribution < -0.4 is 0 Å². The van der Waals surface area contributed by atoms with E-state index < -0.39 is 6.17 Å². The molecule has 0 unspecified atom stereocenters. The van der Waals surface area contributed by atoms with Gasteiger partial charge in [-0.2, -0.15) is 0 Å². The highest BCUT2D eigenvalue weighted by molar-refractivity contribution is 4.92. The average molecular weight is 298 g/mol. The minimum absolute atomic E-state index is 0.0983. The van der Waals surface area contributed by atoms with Crippen LogP contribution in [0.4, 0.5) is 4.39 Å². The summed E-state index contributed by atoms with van der Waals surface area (Å²) in [5.74, 6) is 0.225. The summed E-state index contributed by atoms with van der Waals surface area (Å²) < 4.78 is 14.6. The second-order valence-corrected chi connectivity index (χ2v) is 9.16. The Balaban J connectivity index is 1.86. The predicted molar refractivity (Wildman–Crippen MR) is 88.4 cm³/mol. The molecule has 0 saturated carbocycles. The first-order valence-electron chi connectivity index (χ1n) is 8.72. The lowest BCUT2D eigenvalue weighted by atomic mass is 9.74. The zero-order chi connectivity index (χ0) is 15.8. The van der Waals surface area contributed by atoms with Gasteiger partial charge in [-0.05, 0) is 57.9 Å². The van der Waals surface area contributed by atoms with Gasteiger partial charge in [-0.25, -0.2) is 4.39 Å². The van der Waals surface area contributed by atoms with Crippen molar-refractivity contribution in [1.82, 2.24) is 9.80 Å². The van der Waals surface area contributed by atoms with Crippen LogP contribution in [0.5, 0.6) is 0 Å². The van der Waals surface area contributed by atoms with Gasteiger partial charge in [-0.15, -0.1) is 0 Å². The van der Waals surface area contributed by atoms with E-state index in [-0.39, 0.29) is 16.9 Å². The highest BCUT2D eigenvalue weighted by Crippen LogP contribution is 2.37. The van der Waals surface area contributed by atoms with Crippen LogP contribution in [-0.4, -0.2) is 53.7 Å². The zero-order valence-corrected chi connectivity index (χ0v) is 15.0. The number of nitrogens with zero attached hydrogens (tertiary/aromatic N) is 2. The molecule has 0 bridgehead atoms. The standard InChI is InChI=1S/C18H35FN2/c1-17(2,3)15-9-10-20(13-16(15)19)14-7-11-21(12-8-14)18(4,5)6/h14-16H,7-13H2,1-6H3/t15-,16-/m0/s1. The SMILES string of the molecule is CC(C)(C)[C@H]1CCN(C2CCN(C(C)(C)C)CC2)C[C@@H]1F. The first-order valence-corrected chi connectivity index (χ1v) is 8.72. The Morgan fingerprint density at radius 1 is 0.857 bits per heavy atom. The van der Waals surface area contributed by atoms with E-state index in [2.05, 4.69) is 51.3 Å². The number of piperidine rings is 2. The van der Waals surface area contributed by atoms with Crippen molar-refractivity contribution >= 4 is 0 Å². The third-order valence-electron chi connectivity index (χ3n) is 5.61. The van der Waals surface area contributed by atoms with E-state index in [0.29, 0.717) is 12.6 Å². The van der Waals surface area contributed by atoms with Gasteiger partial charge in [0.05, 0.1) is 0 Å². The molecule has 0 aliphatic carbocycles. The zero-order valence-electron chi connectivity index (χ0n) is 15.0. The van der Waals surface area contributed by atoms with Gasteiger partial charge in [0.25, 0.3) is 0 Å². The number of rotatable bonds is 1. The number of halogens is 1. The Hall–Kier alpha value is -0.150. The van der Waals surface area contributed by atoms with Crippen molar-refractivity contribution in [3.63, 3.8) is 0 Å². The molecular formula is C18H35FN2. The van der Waals surface area contributed by atoms with Crippen molar-refractivity contribution in [3.8, 4) is 0 Å². The van der Waals surface area contributed by atoms with Gasteiger partial charge in [-0.3, -0.25) is 9.80 Å². The summed E-state index contributed by atoms with van der Waals surface area (Å²) in [4.78, 5) is 5.01. The van der Waals surface area contributed by atoms with E-state index in [1.54, 1.807) is 0 Å². The fourth-order valence-corrected chi connectivity index (χ4v) is 4.14. The monoisotopic (exact) mass is 298 g/mol. The molecule has 2 aliphatic rings. The molecule has 124 valence electrons. The quantitative estimate of drug-likeness (QED) is 0.723. The summed E-state index contributed by atoms with van der Waals surface area (Å²) >= 11 is 0. The summed E-state index contributed by atoms with van der Waals surface area (Å²) in [6.45, 7) is 17.5. The molecule has 2 aliphatic heterocycles. The fourth-order valence-electron chi connectivity index (χ4n) is 4.14. The molecule has 0 aromatic rings. The maximum absolute atomic E-state index is 14.6. The normalized spacial score (nSPS) is 31.6. The van der Waals surface area contributed by atoms with Crippen LogP contribution in [0, 0.1) is 11.3 Å². The molecule has 2 fully saturated rings. The Kier molecular flexibility index (Phi) is 5.04. The molecule has 0 aromatic heterocycles. The molecular weight excluding hydrogens is 263 g/mol. The lowest BCUT2D eigenvalue weighted by molar-refractivity contribution is -0.0136. The van der Waals surface area contributed by atoms with Crippen molar-refractivity contribution in [2.45, 2.75) is 78.6 Å². The minimum Gasteiger partial charge on any atom is -0.298 e. The second-order valence-electron chi connectivity index (χ2n) is 9.16. The molecule has 21 heavy (non-hydrogen) atoms. The molecule has 0 spiro atoms. The molecule has 2 nitrogen and oxygen atoms in total. The molecule has 2 rings (SSSR count). The maximum Gasteiger partial charge on any atom is 0.116 e.